The predicted octanol–water partition coefficient (Wildman–Crippen LogP) is 3.09. The Morgan fingerprint density at radius 3 is 2.23 bits per heavy atom. The molecule has 1 rings (SSSR count). The highest BCUT2D eigenvalue weighted by atomic mass is 16.6. The molecule has 0 spiro atoms. The second-order valence-corrected chi connectivity index (χ2v) is 7.84. The molecule has 0 aromatic carbocycles. The quantitative estimate of drug-likeness (QED) is 0.759. The molecule has 2 atom stereocenters. The monoisotopic (exact) mass is 312 g/mol. The van der Waals surface area contributed by atoms with Crippen molar-refractivity contribution in [3.05, 3.63) is 0 Å². The van der Waals surface area contributed by atoms with Crippen molar-refractivity contribution >= 4 is 12.0 Å². The maximum atomic E-state index is 12.1. The van der Waals surface area contributed by atoms with Gasteiger partial charge in [0.15, 0.2) is 0 Å². The van der Waals surface area contributed by atoms with Crippen molar-refractivity contribution in [3.63, 3.8) is 0 Å². The van der Waals surface area contributed by atoms with Crippen LogP contribution in [0.4, 0.5) is 4.79 Å². The Hall–Kier alpha value is -1.26. The van der Waals surface area contributed by atoms with E-state index in [1.165, 1.54) is 0 Å². The Bertz CT molecular complexity index is 384. The second-order valence-electron chi connectivity index (χ2n) is 7.84. The molecule has 0 aliphatic heterocycles. The number of amides is 2. The first-order valence-electron chi connectivity index (χ1n) is 8.35. The number of hydrogen-bond acceptors (Lipinski definition) is 3. The number of carbonyl (C=O) groups is 2. The van der Waals surface area contributed by atoms with Crippen molar-refractivity contribution in [3.8, 4) is 0 Å². The Kier molecular flexibility index (Phi) is 6.69. The van der Waals surface area contributed by atoms with Crippen LogP contribution >= 0.6 is 0 Å². The Morgan fingerprint density at radius 2 is 1.77 bits per heavy atom. The van der Waals surface area contributed by atoms with Gasteiger partial charge in [0.1, 0.15) is 5.60 Å². The fourth-order valence-corrected chi connectivity index (χ4v) is 2.43. The van der Waals surface area contributed by atoms with Crippen molar-refractivity contribution < 1.29 is 14.3 Å². The van der Waals surface area contributed by atoms with Crippen molar-refractivity contribution in [2.45, 2.75) is 72.4 Å². The number of carbonyl (C=O) groups excluding carboxylic acids is 2. The van der Waals surface area contributed by atoms with E-state index in [4.69, 9.17) is 4.74 Å². The van der Waals surface area contributed by atoms with Gasteiger partial charge in [0, 0.05) is 18.5 Å². The largest absolute Gasteiger partial charge is 0.444 e. The standard InChI is InChI=1S/C17H32N2O3/c1-11(2)9-14(19-16(21)22-17(4,5)6)10-18-15(20)12(3)13-7-8-13/h11-14H,7-10H2,1-6H3,(H,18,20)(H,19,21). The fourth-order valence-electron chi connectivity index (χ4n) is 2.43. The van der Waals surface area contributed by atoms with Gasteiger partial charge in [-0.15, -0.1) is 0 Å². The summed E-state index contributed by atoms with van der Waals surface area (Å²) in [5, 5.41) is 5.84. The first-order chi connectivity index (χ1) is 10.1. The van der Waals surface area contributed by atoms with E-state index in [9.17, 15) is 9.59 Å². The molecule has 0 saturated heterocycles. The van der Waals surface area contributed by atoms with Crippen LogP contribution < -0.4 is 10.6 Å². The van der Waals surface area contributed by atoms with Gasteiger partial charge in [-0.1, -0.05) is 20.8 Å². The molecule has 128 valence electrons. The third-order valence-corrected chi connectivity index (χ3v) is 3.74. The molecule has 5 heteroatoms. The molecule has 1 saturated carbocycles. The molecule has 2 amide bonds. The summed E-state index contributed by atoms with van der Waals surface area (Å²) < 4.78 is 5.29. The van der Waals surface area contributed by atoms with Crippen LogP contribution in [0.5, 0.6) is 0 Å². The van der Waals surface area contributed by atoms with Crippen LogP contribution in [0.2, 0.25) is 0 Å². The van der Waals surface area contributed by atoms with E-state index in [0.29, 0.717) is 18.4 Å². The third-order valence-electron chi connectivity index (χ3n) is 3.74. The molecular weight excluding hydrogens is 280 g/mol. The molecule has 0 heterocycles. The lowest BCUT2D eigenvalue weighted by atomic mass is 10.0. The van der Waals surface area contributed by atoms with Gasteiger partial charge < -0.3 is 15.4 Å². The number of ether oxygens (including phenoxy) is 1. The first-order valence-corrected chi connectivity index (χ1v) is 8.35. The van der Waals surface area contributed by atoms with Crippen LogP contribution in [-0.2, 0) is 9.53 Å². The van der Waals surface area contributed by atoms with Crippen LogP contribution in [0.15, 0.2) is 0 Å². The van der Waals surface area contributed by atoms with E-state index in [0.717, 1.165) is 19.3 Å². The Balaban J connectivity index is 2.45. The lowest BCUT2D eigenvalue weighted by molar-refractivity contribution is -0.125. The van der Waals surface area contributed by atoms with Crippen molar-refractivity contribution in [2.24, 2.45) is 17.8 Å². The van der Waals surface area contributed by atoms with Gasteiger partial charge in [-0.2, -0.15) is 0 Å². The summed E-state index contributed by atoms with van der Waals surface area (Å²) in [6.45, 7) is 12.1. The lowest BCUT2D eigenvalue weighted by Gasteiger charge is -2.25. The zero-order valence-corrected chi connectivity index (χ0v) is 14.9. The van der Waals surface area contributed by atoms with E-state index < -0.39 is 11.7 Å². The van der Waals surface area contributed by atoms with Gasteiger partial charge in [-0.25, -0.2) is 4.79 Å². The highest BCUT2D eigenvalue weighted by Gasteiger charge is 2.32. The number of nitrogens with one attached hydrogen (secondary N) is 2. The van der Waals surface area contributed by atoms with Gasteiger partial charge in [0.25, 0.3) is 0 Å². The molecule has 0 aromatic heterocycles. The van der Waals surface area contributed by atoms with E-state index in [1.807, 2.05) is 27.7 Å². The molecule has 0 bridgehead atoms. The number of rotatable bonds is 7. The van der Waals surface area contributed by atoms with E-state index in [2.05, 4.69) is 24.5 Å². The van der Waals surface area contributed by atoms with Crippen molar-refractivity contribution in [2.75, 3.05) is 6.54 Å². The van der Waals surface area contributed by atoms with Gasteiger partial charge in [-0.05, 0) is 51.9 Å². The molecule has 5 nitrogen and oxygen atoms in total. The van der Waals surface area contributed by atoms with Crippen molar-refractivity contribution in [1.29, 1.82) is 0 Å². The number of hydrogen-bond donors (Lipinski definition) is 2. The van der Waals surface area contributed by atoms with Gasteiger partial charge >= 0.3 is 6.09 Å². The zero-order chi connectivity index (χ0) is 16.9. The Morgan fingerprint density at radius 1 is 1.18 bits per heavy atom. The summed E-state index contributed by atoms with van der Waals surface area (Å²) in [4.78, 5) is 24.0. The van der Waals surface area contributed by atoms with E-state index >= 15 is 0 Å². The summed E-state index contributed by atoms with van der Waals surface area (Å²) in [5.41, 5.74) is -0.518. The Labute approximate surface area is 134 Å². The molecule has 1 aliphatic rings. The smallest absolute Gasteiger partial charge is 0.407 e. The summed E-state index contributed by atoms with van der Waals surface area (Å²) in [5.74, 6) is 1.13. The average molecular weight is 312 g/mol. The SMILES string of the molecule is CC(C)CC(CNC(=O)C(C)C1CC1)NC(=O)OC(C)(C)C. The highest BCUT2D eigenvalue weighted by Crippen LogP contribution is 2.36. The number of alkyl carbamates (subject to hydrolysis) is 1. The molecule has 22 heavy (non-hydrogen) atoms. The second kappa shape index (κ2) is 7.84. The minimum atomic E-state index is -0.518. The lowest BCUT2D eigenvalue weighted by Crippen LogP contribution is -2.47. The molecule has 2 N–H and O–H groups in total. The molecular formula is C17H32N2O3. The molecule has 1 aliphatic carbocycles. The topological polar surface area (TPSA) is 67.4 Å². The average Bonchev–Trinajstić information content (AvgIpc) is 3.15. The fraction of sp³-hybridized carbons (Fsp3) is 0.882. The summed E-state index contributed by atoms with van der Waals surface area (Å²) >= 11 is 0. The van der Waals surface area contributed by atoms with Crippen LogP contribution in [0.1, 0.15) is 60.8 Å². The van der Waals surface area contributed by atoms with Crippen LogP contribution in [-0.4, -0.2) is 30.2 Å². The summed E-state index contributed by atoms with van der Waals surface area (Å²) in [6, 6.07) is -0.106. The summed E-state index contributed by atoms with van der Waals surface area (Å²) in [6.07, 6.45) is 2.68. The van der Waals surface area contributed by atoms with Gasteiger partial charge in [-0.3, -0.25) is 4.79 Å². The normalized spacial score (nSPS) is 17.8. The molecule has 0 radical (unpaired) electrons. The van der Waals surface area contributed by atoms with Gasteiger partial charge in [0.2, 0.25) is 5.91 Å². The van der Waals surface area contributed by atoms with Crippen LogP contribution in [0.25, 0.3) is 0 Å². The van der Waals surface area contributed by atoms with Gasteiger partial charge in [0.05, 0.1) is 0 Å². The predicted molar refractivity (Wildman–Crippen MR) is 87.5 cm³/mol. The molecule has 0 aromatic rings. The molecule has 2 unspecified atom stereocenters. The zero-order valence-electron chi connectivity index (χ0n) is 14.9. The highest BCUT2D eigenvalue weighted by molar-refractivity contribution is 5.79. The minimum absolute atomic E-state index is 0.0706. The maximum absolute atomic E-state index is 12.1. The van der Waals surface area contributed by atoms with Crippen LogP contribution in [0.3, 0.4) is 0 Å². The van der Waals surface area contributed by atoms with Crippen LogP contribution in [0, 0.1) is 17.8 Å². The maximum Gasteiger partial charge on any atom is 0.407 e. The summed E-state index contributed by atoms with van der Waals surface area (Å²) in [7, 11) is 0. The molecule has 1 fully saturated rings. The van der Waals surface area contributed by atoms with E-state index in [1.54, 1.807) is 0 Å². The minimum Gasteiger partial charge on any atom is -0.444 e. The third kappa shape index (κ3) is 7.66. The van der Waals surface area contributed by atoms with E-state index in [-0.39, 0.29) is 17.9 Å². The first kappa shape index (κ1) is 18.8. The van der Waals surface area contributed by atoms with Crippen molar-refractivity contribution in [1.82, 2.24) is 10.6 Å².